The van der Waals surface area contributed by atoms with Crippen molar-refractivity contribution in [3.8, 4) is 5.88 Å². The van der Waals surface area contributed by atoms with Crippen LogP contribution in [0.25, 0.3) is 0 Å². The normalized spacial score (nSPS) is 17.7. The van der Waals surface area contributed by atoms with E-state index in [0.717, 1.165) is 18.2 Å². The number of aromatic nitrogens is 1. The molecule has 19 heavy (non-hydrogen) atoms. The van der Waals surface area contributed by atoms with Crippen molar-refractivity contribution in [2.75, 3.05) is 32.1 Å². The summed E-state index contributed by atoms with van der Waals surface area (Å²) in [6.07, 6.45) is 4.26. The first-order chi connectivity index (χ1) is 9.19. The van der Waals surface area contributed by atoms with Gasteiger partial charge in [-0.05, 0) is 51.8 Å². The van der Waals surface area contributed by atoms with E-state index >= 15 is 0 Å². The molecule has 1 saturated heterocycles. The lowest BCUT2D eigenvalue weighted by Gasteiger charge is -2.34. The maximum absolute atomic E-state index is 5.78. The summed E-state index contributed by atoms with van der Waals surface area (Å²) in [5.74, 6) is 1.39. The quantitative estimate of drug-likeness (QED) is 0.886. The number of piperidine rings is 1. The van der Waals surface area contributed by atoms with Crippen molar-refractivity contribution in [1.29, 1.82) is 0 Å². The minimum Gasteiger partial charge on any atom is -0.477 e. The van der Waals surface area contributed by atoms with Gasteiger partial charge in [-0.3, -0.25) is 0 Å². The van der Waals surface area contributed by atoms with Gasteiger partial charge in [0, 0.05) is 19.2 Å². The van der Waals surface area contributed by atoms with Crippen LogP contribution >= 0.6 is 0 Å². The predicted molar refractivity (Wildman–Crippen MR) is 78.7 cm³/mol. The third-order valence-corrected chi connectivity index (χ3v) is 3.87. The van der Waals surface area contributed by atoms with Gasteiger partial charge >= 0.3 is 0 Å². The van der Waals surface area contributed by atoms with Gasteiger partial charge in [0.15, 0.2) is 0 Å². The molecule has 1 aliphatic heterocycles. The van der Waals surface area contributed by atoms with Crippen LogP contribution in [0, 0.1) is 5.92 Å². The molecule has 0 aliphatic carbocycles. The van der Waals surface area contributed by atoms with Crippen LogP contribution in [0.1, 0.15) is 26.7 Å². The van der Waals surface area contributed by atoms with Crippen molar-refractivity contribution in [2.24, 2.45) is 5.92 Å². The van der Waals surface area contributed by atoms with Gasteiger partial charge in [0.2, 0.25) is 5.88 Å². The van der Waals surface area contributed by atoms with Crippen LogP contribution in [0.4, 0.5) is 5.69 Å². The minimum absolute atomic E-state index is 0.664. The summed E-state index contributed by atoms with van der Waals surface area (Å²) in [7, 11) is 1.89. The Bertz CT molecular complexity index is 369. The van der Waals surface area contributed by atoms with Gasteiger partial charge < -0.3 is 15.0 Å². The number of likely N-dealkylation sites (tertiary alicyclic amines) is 1. The average molecular weight is 263 g/mol. The van der Waals surface area contributed by atoms with E-state index < -0.39 is 0 Å². The summed E-state index contributed by atoms with van der Waals surface area (Å²) in [6.45, 7) is 7.71. The molecule has 1 aromatic heterocycles. The molecule has 4 heteroatoms. The zero-order valence-corrected chi connectivity index (χ0v) is 12.2. The Hall–Kier alpha value is -1.29. The Kier molecular flexibility index (Phi) is 5.02. The van der Waals surface area contributed by atoms with Crippen LogP contribution < -0.4 is 10.1 Å². The van der Waals surface area contributed by atoms with E-state index in [-0.39, 0.29) is 0 Å². The highest BCUT2D eigenvalue weighted by molar-refractivity contribution is 5.40. The molecule has 0 radical (unpaired) electrons. The molecule has 1 aromatic rings. The molecule has 106 valence electrons. The Morgan fingerprint density at radius 2 is 2.11 bits per heavy atom. The first-order valence-corrected chi connectivity index (χ1v) is 7.19. The molecule has 0 bridgehead atoms. The van der Waals surface area contributed by atoms with E-state index in [1.165, 1.54) is 25.9 Å². The third-order valence-electron chi connectivity index (χ3n) is 3.87. The molecule has 1 aliphatic rings. The second kappa shape index (κ2) is 6.75. The number of hydrogen-bond donors (Lipinski definition) is 1. The summed E-state index contributed by atoms with van der Waals surface area (Å²) in [5, 5.41) is 3.05. The summed E-state index contributed by atoms with van der Waals surface area (Å²) in [4.78, 5) is 6.82. The number of ether oxygens (including phenoxy) is 1. The maximum atomic E-state index is 5.78. The third kappa shape index (κ3) is 4.10. The second-order valence-electron chi connectivity index (χ2n) is 5.52. The maximum Gasteiger partial charge on any atom is 0.213 e. The number of nitrogens with one attached hydrogen (secondary N) is 1. The average Bonchev–Trinajstić information content (AvgIpc) is 2.46. The van der Waals surface area contributed by atoms with Crippen molar-refractivity contribution in [3.05, 3.63) is 18.3 Å². The summed E-state index contributed by atoms with van der Waals surface area (Å²) < 4.78 is 5.78. The molecular weight excluding hydrogens is 238 g/mol. The number of nitrogens with zero attached hydrogens (tertiary/aromatic N) is 2. The summed E-state index contributed by atoms with van der Waals surface area (Å²) >= 11 is 0. The minimum atomic E-state index is 0.664. The van der Waals surface area contributed by atoms with E-state index in [9.17, 15) is 0 Å². The van der Waals surface area contributed by atoms with Crippen LogP contribution in [0.2, 0.25) is 0 Å². The number of hydrogen-bond acceptors (Lipinski definition) is 4. The molecule has 1 N–H and O–H groups in total. The van der Waals surface area contributed by atoms with Crippen LogP contribution in [0.15, 0.2) is 18.3 Å². The standard InChI is InChI=1S/C15H25N3O/c1-12(2)18-8-6-13(7-9-18)11-19-15-5-4-14(16-3)10-17-15/h4-5,10,12-13,16H,6-9,11H2,1-3H3. The Morgan fingerprint density at radius 3 is 2.63 bits per heavy atom. The fourth-order valence-corrected chi connectivity index (χ4v) is 2.45. The van der Waals surface area contributed by atoms with Gasteiger partial charge in [0.25, 0.3) is 0 Å². The molecule has 2 rings (SSSR count). The lowest BCUT2D eigenvalue weighted by molar-refractivity contribution is 0.117. The summed E-state index contributed by atoms with van der Waals surface area (Å²) in [6, 6.07) is 4.58. The van der Waals surface area contributed by atoms with Crippen molar-refractivity contribution in [3.63, 3.8) is 0 Å². The van der Waals surface area contributed by atoms with Gasteiger partial charge in [-0.1, -0.05) is 0 Å². The molecule has 0 atom stereocenters. The Labute approximate surface area is 116 Å². The van der Waals surface area contributed by atoms with Crippen LogP contribution in [-0.4, -0.2) is 42.7 Å². The van der Waals surface area contributed by atoms with Gasteiger partial charge in [0.1, 0.15) is 0 Å². The van der Waals surface area contributed by atoms with Gasteiger partial charge in [-0.25, -0.2) is 4.98 Å². The molecular formula is C15H25N3O. The van der Waals surface area contributed by atoms with E-state index in [0.29, 0.717) is 12.0 Å². The SMILES string of the molecule is CNc1ccc(OCC2CCN(C(C)C)CC2)nc1. The monoisotopic (exact) mass is 263 g/mol. The first-order valence-electron chi connectivity index (χ1n) is 7.19. The number of pyridine rings is 1. The molecule has 1 fully saturated rings. The highest BCUT2D eigenvalue weighted by Crippen LogP contribution is 2.20. The van der Waals surface area contributed by atoms with Crippen molar-refractivity contribution < 1.29 is 4.74 Å². The molecule has 2 heterocycles. The lowest BCUT2D eigenvalue weighted by atomic mass is 9.97. The van der Waals surface area contributed by atoms with E-state index in [2.05, 4.69) is 29.0 Å². The molecule has 0 spiro atoms. The predicted octanol–water partition coefficient (Wildman–Crippen LogP) is 2.62. The molecule has 0 amide bonds. The fraction of sp³-hybridized carbons (Fsp3) is 0.667. The second-order valence-corrected chi connectivity index (χ2v) is 5.52. The van der Waals surface area contributed by atoms with Crippen molar-refractivity contribution in [2.45, 2.75) is 32.7 Å². The fourth-order valence-electron chi connectivity index (χ4n) is 2.45. The van der Waals surface area contributed by atoms with E-state index in [1.807, 2.05) is 19.2 Å². The molecule has 4 nitrogen and oxygen atoms in total. The molecule has 0 aromatic carbocycles. The molecule has 0 saturated carbocycles. The van der Waals surface area contributed by atoms with Crippen molar-refractivity contribution in [1.82, 2.24) is 9.88 Å². The lowest BCUT2D eigenvalue weighted by Crippen LogP contribution is -2.39. The van der Waals surface area contributed by atoms with E-state index in [1.54, 1.807) is 6.20 Å². The number of anilines is 1. The van der Waals surface area contributed by atoms with Crippen LogP contribution in [0.3, 0.4) is 0 Å². The zero-order chi connectivity index (χ0) is 13.7. The Morgan fingerprint density at radius 1 is 1.37 bits per heavy atom. The zero-order valence-electron chi connectivity index (χ0n) is 12.2. The Balaban J connectivity index is 1.74. The molecule has 0 unspecified atom stereocenters. The highest BCUT2D eigenvalue weighted by Gasteiger charge is 2.21. The van der Waals surface area contributed by atoms with Gasteiger partial charge in [0.05, 0.1) is 18.5 Å². The van der Waals surface area contributed by atoms with Crippen LogP contribution in [0.5, 0.6) is 5.88 Å². The van der Waals surface area contributed by atoms with Crippen molar-refractivity contribution >= 4 is 5.69 Å². The summed E-state index contributed by atoms with van der Waals surface area (Å²) in [5.41, 5.74) is 1.01. The smallest absolute Gasteiger partial charge is 0.213 e. The van der Waals surface area contributed by atoms with Crippen LogP contribution in [-0.2, 0) is 0 Å². The first kappa shape index (κ1) is 14.1. The van der Waals surface area contributed by atoms with E-state index in [4.69, 9.17) is 4.74 Å². The highest BCUT2D eigenvalue weighted by atomic mass is 16.5. The van der Waals surface area contributed by atoms with Gasteiger partial charge in [-0.15, -0.1) is 0 Å². The topological polar surface area (TPSA) is 37.4 Å². The number of rotatable bonds is 5. The largest absolute Gasteiger partial charge is 0.477 e. The van der Waals surface area contributed by atoms with Gasteiger partial charge in [-0.2, -0.15) is 0 Å².